The molecule has 7 heteroatoms. The Labute approximate surface area is 130 Å². The molecule has 0 saturated carbocycles. The van der Waals surface area contributed by atoms with Gasteiger partial charge in [-0.3, -0.25) is 5.10 Å². The van der Waals surface area contributed by atoms with Crippen LogP contribution in [-0.4, -0.2) is 47.4 Å². The van der Waals surface area contributed by atoms with Gasteiger partial charge >= 0.3 is 0 Å². The standard InChI is InChI=1S/C15H20N4O2S/c1-18(22(20,21)19-9-5-6-10-19)12-14-11-16-17-15(14)13-7-3-2-4-8-13/h2-4,7-8,11H,5-6,9-10,12H2,1H3,(H,16,17). The largest absolute Gasteiger partial charge is 0.282 e. The van der Waals surface area contributed by atoms with Crippen LogP contribution in [0.1, 0.15) is 18.4 Å². The first-order valence-electron chi connectivity index (χ1n) is 7.38. The van der Waals surface area contributed by atoms with Crippen LogP contribution in [0.2, 0.25) is 0 Å². The Morgan fingerprint density at radius 2 is 1.91 bits per heavy atom. The quantitative estimate of drug-likeness (QED) is 0.914. The predicted molar refractivity (Wildman–Crippen MR) is 85.2 cm³/mol. The summed E-state index contributed by atoms with van der Waals surface area (Å²) in [5.74, 6) is 0. The van der Waals surface area contributed by atoms with Crippen LogP contribution in [0, 0.1) is 0 Å². The molecule has 22 heavy (non-hydrogen) atoms. The monoisotopic (exact) mass is 320 g/mol. The van der Waals surface area contributed by atoms with Crippen molar-refractivity contribution in [2.24, 2.45) is 0 Å². The highest BCUT2D eigenvalue weighted by Crippen LogP contribution is 2.23. The first kappa shape index (κ1) is 15.2. The number of hydrogen-bond donors (Lipinski definition) is 1. The second-order valence-corrected chi connectivity index (χ2v) is 7.54. The van der Waals surface area contributed by atoms with Crippen LogP contribution < -0.4 is 0 Å². The summed E-state index contributed by atoms with van der Waals surface area (Å²) in [7, 11) is -1.77. The van der Waals surface area contributed by atoms with Crippen molar-refractivity contribution in [3.63, 3.8) is 0 Å². The molecule has 0 aliphatic carbocycles. The molecule has 1 aromatic heterocycles. The van der Waals surface area contributed by atoms with Crippen LogP contribution in [0.3, 0.4) is 0 Å². The fraction of sp³-hybridized carbons (Fsp3) is 0.400. The topological polar surface area (TPSA) is 69.3 Å². The Morgan fingerprint density at radius 1 is 1.23 bits per heavy atom. The third-order valence-corrected chi connectivity index (χ3v) is 5.89. The number of rotatable bonds is 5. The zero-order valence-electron chi connectivity index (χ0n) is 12.6. The Morgan fingerprint density at radius 3 is 2.59 bits per heavy atom. The Balaban J connectivity index is 1.81. The summed E-state index contributed by atoms with van der Waals surface area (Å²) in [5.41, 5.74) is 2.74. The number of benzene rings is 1. The zero-order chi connectivity index (χ0) is 15.6. The van der Waals surface area contributed by atoms with Crippen LogP contribution >= 0.6 is 0 Å². The molecule has 2 heterocycles. The van der Waals surface area contributed by atoms with E-state index in [0.717, 1.165) is 29.7 Å². The van der Waals surface area contributed by atoms with Gasteiger partial charge in [-0.25, -0.2) is 0 Å². The van der Waals surface area contributed by atoms with E-state index in [1.54, 1.807) is 17.5 Å². The van der Waals surface area contributed by atoms with Gasteiger partial charge in [0.15, 0.2) is 0 Å². The van der Waals surface area contributed by atoms with E-state index in [1.165, 1.54) is 4.31 Å². The second kappa shape index (κ2) is 6.20. The van der Waals surface area contributed by atoms with Gasteiger partial charge in [-0.15, -0.1) is 0 Å². The lowest BCUT2D eigenvalue weighted by molar-refractivity contribution is 0.392. The first-order chi connectivity index (χ1) is 10.6. The number of H-pyrrole nitrogens is 1. The number of nitrogens with one attached hydrogen (secondary N) is 1. The van der Waals surface area contributed by atoms with Crippen molar-refractivity contribution in [3.05, 3.63) is 42.1 Å². The van der Waals surface area contributed by atoms with Crippen molar-refractivity contribution in [3.8, 4) is 11.3 Å². The molecule has 1 aliphatic rings. The van der Waals surface area contributed by atoms with Gasteiger partial charge in [0.1, 0.15) is 0 Å². The lowest BCUT2D eigenvalue weighted by atomic mass is 10.1. The third kappa shape index (κ3) is 2.92. The summed E-state index contributed by atoms with van der Waals surface area (Å²) in [6, 6.07) is 9.80. The zero-order valence-corrected chi connectivity index (χ0v) is 13.4. The Bertz CT molecular complexity index is 721. The average Bonchev–Trinajstić information content (AvgIpc) is 3.20. The minimum atomic E-state index is -3.39. The van der Waals surface area contributed by atoms with Crippen molar-refractivity contribution >= 4 is 10.2 Å². The molecule has 2 aromatic rings. The molecule has 1 saturated heterocycles. The van der Waals surface area contributed by atoms with Crippen molar-refractivity contribution in [1.82, 2.24) is 18.8 Å². The number of aromatic amines is 1. The second-order valence-electron chi connectivity index (χ2n) is 5.51. The number of nitrogens with zero attached hydrogens (tertiary/aromatic N) is 3. The van der Waals surface area contributed by atoms with Crippen LogP contribution in [0.15, 0.2) is 36.5 Å². The minimum absolute atomic E-state index is 0.305. The maximum Gasteiger partial charge on any atom is 0.282 e. The normalized spacial score (nSPS) is 16.5. The van der Waals surface area contributed by atoms with E-state index < -0.39 is 10.2 Å². The van der Waals surface area contributed by atoms with E-state index in [0.29, 0.717) is 19.6 Å². The molecule has 0 atom stereocenters. The molecule has 1 fully saturated rings. The van der Waals surface area contributed by atoms with Gasteiger partial charge in [0.05, 0.1) is 11.9 Å². The molecule has 6 nitrogen and oxygen atoms in total. The van der Waals surface area contributed by atoms with Gasteiger partial charge in [-0.2, -0.15) is 22.1 Å². The van der Waals surface area contributed by atoms with Crippen molar-refractivity contribution in [1.29, 1.82) is 0 Å². The minimum Gasteiger partial charge on any atom is -0.278 e. The van der Waals surface area contributed by atoms with Crippen LogP contribution in [0.25, 0.3) is 11.3 Å². The van der Waals surface area contributed by atoms with E-state index >= 15 is 0 Å². The van der Waals surface area contributed by atoms with Gasteiger partial charge in [0, 0.05) is 32.2 Å². The fourth-order valence-electron chi connectivity index (χ4n) is 2.72. The Kier molecular flexibility index (Phi) is 4.28. The van der Waals surface area contributed by atoms with Crippen LogP contribution in [0.5, 0.6) is 0 Å². The van der Waals surface area contributed by atoms with Gasteiger partial charge in [0.2, 0.25) is 0 Å². The molecular weight excluding hydrogens is 300 g/mol. The average molecular weight is 320 g/mol. The third-order valence-electron chi connectivity index (χ3n) is 3.96. The maximum atomic E-state index is 12.5. The first-order valence-corrected chi connectivity index (χ1v) is 8.78. The van der Waals surface area contributed by atoms with E-state index in [9.17, 15) is 8.42 Å². The lowest BCUT2D eigenvalue weighted by Crippen LogP contribution is -2.39. The molecule has 0 unspecified atom stereocenters. The van der Waals surface area contributed by atoms with Gasteiger partial charge in [-0.05, 0) is 18.4 Å². The molecule has 0 amide bonds. The molecule has 1 aromatic carbocycles. The fourth-order valence-corrected chi connectivity index (χ4v) is 4.14. The SMILES string of the molecule is CN(Cc1cn[nH]c1-c1ccccc1)S(=O)(=O)N1CCCC1. The summed E-state index contributed by atoms with van der Waals surface area (Å²) in [5, 5.41) is 7.03. The molecule has 3 rings (SSSR count). The van der Waals surface area contributed by atoms with Crippen LogP contribution in [0.4, 0.5) is 0 Å². The molecule has 0 radical (unpaired) electrons. The number of aromatic nitrogens is 2. The molecule has 1 aliphatic heterocycles. The lowest BCUT2D eigenvalue weighted by Gasteiger charge is -2.23. The summed E-state index contributed by atoms with van der Waals surface area (Å²) >= 11 is 0. The maximum absolute atomic E-state index is 12.5. The highest BCUT2D eigenvalue weighted by molar-refractivity contribution is 7.86. The molecular formula is C15H20N4O2S. The predicted octanol–water partition coefficient (Wildman–Crippen LogP) is 1.85. The molecule has 1 N–H and O–H groups in total. The van der Waals surface area contributed by atoms with Crippen molar-refractivity contribution < 1.29 is 8.42 Å². The summed E-state index contributed by atoms with van der Waals surface area (Å²) < 4.78 is 28.0. The molecule has 118 valence electrons. The van der Waals surface area contributed by atoms with Gasteiger partial charge in [-0.1, -0.05) is 30.3 Å². The van der Waals surface area contributed by atoms with Crippen molar-refractivity contribution in [2.75, 3.05) is 20.1 Å². The van der Waals surface area contributed by atoms with E-state index in [-0.39, 0.29) is 0 Å². The van der Waals surface area contributed by atoms with Gasteiger partial charge in [0.25, 0.3) is 10.2 Å². The highest BCUT2D eigenvalue weighted by atomic mass is 32.2. The summed E-state index contributed by atoms with van der Waals surface area (Å²) in [6.07, 6.45) is 3.57. The smallest absolute Gasteiger partial charge is 0.278 e. The molecule has 0 bridgehead atoms. The summed E-state index contributed by atoms with van der Waals surface area (Å²) in [6.45, 7) is 1.53. The highest BCUT2D eigenvalue weighted by Gasteiger charge is 2.29. The van der Waals surface area contributed by atoms with E-state index in [1.807, 2.05) is 30.3 Å². The Hall–Kier alpha value is -1.70. The van der Waals surface area contributed by atoms with Crippen molar-refractivity contribution in [2.45, 2.75) is 19.4 Å². The molecule has 0 spiro atoms. The van der Waals surface area contributed by atoms with Gasteiger partial charge < -0.3 is 0 Å². The van der Waals surface area contributed by atoms with Crippen LogP contribution in [-0.2, 0) is 16.8 Å². The van der Waals surface area contributed by atoms with E-state index in [2.05, 4.69) is 10.2 Å². The summed E-state index contributed by atoms with van der Waals surface area (Å²) in [4.78, 5) is 0. The number of hydrogen-bond acceptors (Lipinski definition) is 3. The van der Waals surface area contributed by atoms with E-state index in [4.69, 9.17) is 0 Å².